The average molecular weight is 544 g/mol. The number of aryl methyl sites for hydroxylation is 2. The van der Waals surface area contributed by atoms with Gasteiger partial charge in [-0.1, -0.05) is 24.3 Å². The van der Waals surface area contributed by atoms with E-state index in [9.17, 15) is 9.59 Å². The smallest absolute Gasteiger partial charge is 0.347 e. The molecule has 0 aromatic heterocycles. The summed E-state index contributed by atoms with van der Waals surface area (Å²) in [6, 6.07) is 14.9. The second-order valence-corrected chi connectivity index (χ2v) is 8.23. The molecule has 0 bridgehead atoms. The third-order valence-corrected chi connectivity index (χ3v) is 5.34. The first-order valence-corrected chi connectivity index (χ1v) is 11.9. The molecule has 0 unspecified atom stereocenters. The van der Waals surface area contributed by atoms with Crippen LogP contribution in [0.15, 0.2) is 81.2 Å². The number of aliphatic imine (C=N–C) groups is 2. The third-order valence-electron chi connectivity index (χ3n) is 5.34. The van der Waals surface area contributed by atoms with Gasteiger partial charge in [0.05, 0.1) is 24.6 Å². The summed E-state index contributed by atoms with van der Waals surface area (Å²) in [5.74, 6) is -0.835. The predicted octanol–water partition coefficient (Wildman–Crippen LogP) is 4.39. The van der Waals surface area contributed by atoms with Gasteiger partial charge < -0.3 is 23.7 Å². The van der Waals surface area contributed by atoms with E-state index >= 15 is 0 Å². The van der Waals surface area contributed by atoms with Crippen molar-refractivity contribution in [1.29, 1.82) is 0 Å². The van der Waals surface area contributed by atoms with E-state index in [1.54, 1.807) is 26.0 Å². The average Bonchev–Trinajstić information content (AvgIpc) is 3.43. The number of hydrogen-bond donors (Lipinski definition) is 0. The van der Waals surface area contributed by atoms with Crippen LogP contribution >= 0.6 is 0 Å². The molecule has 38 heavy (non-hydrogen) atoms. The minimum absolute atomic E-state index is 0. The monoisotopic (exact) mass is 543 g/mol. The van der Waals surface area contributed by atoms with Crippen LogP contribution in [0.4, 0.5) is 11.4 Å². The standard InChI is InChI=1S/C28H28N2O7.K/c1-5-33-27(31)23-21(15-35-25(23)29-19-11-7-9-17(3)13-19)37-22-16-36-26(24(22)28(32)34-6-2)30-20-12-8-10-18(4)14-20;/h7-14H,5-6,15-16H2,1-4H3;. The van der Waals surface area contributed by atoms with Gasteiger partial charge in [-0.3, -0.25) is 0 Å². The zero-order valence-electron chi connectivity index (χ0n) is 22.2. The Balaban J connectivity index is 0.00000400. The largest absolute Gasteiger partial charge is 0.469 e. The maximum Gasteiger partial charge on any atom is 0.347 e. The number of carbonyl (C=O) groups excluding carboxylic acids is 2. The van der Waals surface area contributed by atoms with E-state index < -0.39 is 11.9 Å². The van der Waals surface area contributed by atoms with E-state index in [0.29, 0.717) is 11.4 Å². The molecule has 2 aromatic carbocycles. The van der Waals surface area contributed by atoms with Crippen LogP contribution in [-0.4, -0.2) is 102 Å². The maximum atomic E-state index is 12.9. The molecule has 4 rings (SSSR count). The number of nitrogens with zero attached hydrogens (tertiary/aromatic N) is 2. The van der Waals surface area contributed by atoms with Gasteiger partial charge in [-0.15, -0.1) is 0 Å². The Bertz CT molecular complexity index is 1240. The number of esters is 2. The summed E-state index contributed by atoms with van der Waals surface area (Å²) in [6.07, 6.45) is 0. The van der Waals surface area contributed by atoms with Gasteiger partial charge in [-0.05, 0) is 63.1 Å². The Kier molecular flexibility index (Phi) is 10.9. The van der Waals surface area contributed by atoms with Gasteiger partial charge in [0.1, 0.15) is 13.2 Å². The quantitative estimate of drug-likeness (QED) is 0.359. The van der Waals surface area contributed by atoms with Gasteiger partial charge in [0.15, 0.2) is 22.7 Å². The predicted molar refractivity (Wildman–Crippen MR) is 143 cm³/mol. The zero-order valence-corrected chi connectivity index (χ0v) is 25.3. The molecule has 0 amide bonds. The summed E-state index contributed by atoms with van der Waals surface area (Å²) in [4.78, 5) is 34.7. The summed E-state index contributed by atoms with van der Waals surface area (Å²) in [6.45, 7) is 7.43. The number of ether oxygens (including phenoxy) is 5. The molecule has 0 atom stereocenters. The van der Waals surface area contributed by atoms with Crippen LogP contribution in [0.3, 0.4) is 0 Å². The van der Waals surface area contributed by atoms with E-state index in [4.69, 9.17) is 23.7 Å². The zero-order chi connectivity index (χ0) is 26.4. The first-order chi connectivity index (χ1) is 17.9. The molecule has 193 valence electrons. The van der Waals surface area contributed by atoms with Crippen molar-refractivity contribution in [2.45, 2.75) is 27.7 Å². The Morgan fingerprint density at radius 1 is 0.763 bits per heavy atom. The molecule has 0 saturated heterocycles. The van der Waals surface area contributed by atoms with Crippen LogP contribution in [0.5, 0.6) is 0 Å². The van der Waals surface area contributed by atoms with Crippen molar-refractivity contribution >= 4 is 86.5 Å². The molecule has 0 fully saturated rings. The fraction of sp³-hybridized carbons (Fsp3) is 0.286. The molecular formula is C28H28KN2O7. The second-order valence-electron chi connectivity index (χ2n) is 8.23. The summed E-state index contributed by atoms with van der Waals surface area (Å²) in [5, 5.41) is 0. The normalized spacial score (nSPS) is 16.7. The minimum atomic E-state index is -0.646. The van der Waals surface area contributed by atoms with Crippen LogP contribution in [0, 0.1) is 13.8 Å². The Morgan fingerprint density at radius 2 is 1.18 bits per heavy atom. The van der Waals surface area contributed by atoms with E-state index in [2.05, 4.69) is 9.98 Å². The van der Waals surface area contributed by atoms with Crippen molar-refractivity contribution in [3.05, 3.63) is 82.3 Å². The maximum absolute atomic E-state index is 12.9. The van der Waals surface area contributed by atoms with Gasteiger partial charge >= 0.3 is 11.9 Å². The van der Waals surface area contributed by atoms with Gasteiger partial charge in [0.2, 0.25) is 11.8 Å². The fourth-order valence-electron chi connectivity index (χ4n) is 3.72. The van der Waals surface area contributed by atoms with Crippen molar-refractivity contribution in [2.75, 3.05) is 26.4 Å². The molecule has 10 heteroatoms. The van der Waals surface area contributed by atoms with Crippen molar-refractivity contribution in [3.8, 4) is 0 Å². The van der Waals surface area contributed by atoms with Crippen LogP contribution in [0.2, 0.25) is 0 Å². The van der Waals surface area contributed by atoms with Crippen LogP contribution < -0.4 is 0 Å². The topological polar surface area (TPSA) is 105 Å². The molecule has 0 N–H and O–H groups in total. The molecule has 0 spiro atoms. The fourth-order valence-corrected chi connectivity index (χ4v) is 3.72. The van der Waals surface area contributed by atoms with Gasteiger partial charge in [-0.2, -0.15) is 0 Å². The molecule has 1 radical (unpaired) electrons. The van der Waals surface area contributed by atoms with Crippen molar-refractivity contribution in [2.24, 2.45) is 9.98 Å². The summed E-state index contributed by atoms with van der Waals surface area (Å²) in [5.41, 5.74) is 3.32. The number of hydrogen-bond acceptors (Lipinski definition) is 9. The number of carbonyl (C=O) groups is 2. The van der Waals surface area contributed by atoms with Gasteiger partial charge in [0, 0.05) is 51.4 Å². The van der Waals surface area contributed by atoms with Crippen LogP contribution in [0.1, 0.15) is 25.0 Å². The summed E-state index contributed by atoms with van der Waals surface area (Å²) >= 11 is 0. The van der Waals surface area contributed by atoms with Crippen LogP contribution in [-0.2, 0) is 33.3 Å². The SMILES string of the molecule is CCOC(=O)C1=C(OC2=C(C(=O)OCC)C(=Nc3cccc(C)c3)OC2)COC1=Nc1cccc(C)c1.[K]. The molecule has 0 aliphatic carbocycles. The Morgan fingerprint density at radius 3 is 1.55 bits per heavy atom. The van der Waals surface area contributed by atoms with Crippen LogP contribution in [0.25, 0.3) is 0 Å². The van der Waals surface area contributed by atoms with Gasteiger partial charge in [-0.25, -0.2) is 19.6 Å². The molecular weight excluding hydrogens is 515 g/mol. The van der Waals surface area contributed by atoms with Crippen molar-refractivity contribution < 1.29 is 33.3 Å². The Labute approximate surface area is 264 Å². The van der Waals surface area contributed by atoms with Crippen molar-refractivity contribution in [3.63, 3.8) is 0 Å². The molecule has 2 aromatic rings. The first kappa shape index (κ1) is 29.8. The third kappa shape index (κ3) is 7.21. The second kappa shape index (κ2) is 13.9. The number of benzene rings is 2. The summed E-state index contributed by atoms with van der Waals surface area (Å²) < 4.78 is 28.0. The first-order valence-electron chi connectivity index (χ1n) is 11.9. The molecule has 0 saturated carbocycles. The minimum Gasteiger partial charge on any atom is -0.469 e. The Hall–Kier alpha value is -2.76. The molecule has 2 aliphatic heterocycles. The van der Waals surface area contributed by atoms with Crippen molar-refractivity contribution in [1.82, 2.24) is 0 Å². The molecule has 9 nitrogen and oxygen atoms in total. The van der Waals surface area contributed by atoms with E-state index in [1.807, 2.05) is 50.2 Å². The molecule has 2 heterocycles. The summed E-state index contributed by atoms with van der Waals surface area (Å²) in [7, 11) is 0. The van der Waals surface area contributed by atoms with Gasteiger partial charge in [0.25, 0.3) is 0 Å². The van der Waals surface area contributed by atoms with E-state index in [1.165, 1.54) is 0 Å². The van der Waals surface area contributed by atoms with E-state index in [-0.39, 0.29) is 112 Å². The van der Waals surface area contributed by atoms with E-state index in [0.717, 1.165) is 11.1 Å². The molecule has 2 aliphatic rings. The number of rotatable bonds is 8.